The first-order valence-electron chi connectivity index (χ1n) is 5.16. The van der Waals surface area contributed by atoms with Gasteiger partial charge in [0, 0.05) is 28.6 Å². The Morgan fingerprint density at radius 3 is 2.93 bits per heavy atom. The lowest BCUT2D eigenvalue weighted by Crippen LogP contribution is -2.00. The highest BCUT2D eigenvalue weighted by molar-refractivity contribution is 9.10. The molecule has 0 saturated carbocycles. The standard InChI is InChI=1S/C12H15BrN2/c1-15-8-10(13)12-9(5-3-7-14)4-2-6-11(12)15/h2,4,6,8H,3,5,7,14H2,1H3. The number of benzene rings is 1. The van der Waals surface area contributed by atoms with Gasteiger partial charge < -0.3 is 10.3 Å². The summed E-state index contributed by atoms with van der Waals surface area (Å²) < 4.78 is 3.32. The van der Waals surface area contributed by atoms with Crippen LogP contribution in [-0.2, 0) is 13.5 Å². The molecule has 2 nitrogen and oxygen atoms in total. The van der Waals surface area contributed by atoms with E-state index in [4.69, 9.17) is 5.73 Å². The monoisotopic (exact) mass is 266 g/mol. The van der Waals surface area contributed by atoms with Crippen LogP contribution in [0.15, 0.2) is 28.9 Å². The summed E-state index contributed by atoms with van der Waals surface area (Å²) in [4.78, 5) is 0. The maximum Gasteiger partial charge on any atom is 0.0492 e. The smallest absolute Gasteiger partial charge is 0.0492 e. The van der Waals surface area contributed by atoms with Crippen LogP contribution in [0.1, 0.15) is 12.0 Å². The topological polar surface area (TPSA) is 30.9 Å². The zero-order chi connectivity index (χ0) is 10.8. The molecule has 0 unspecified atom stereocenters. The fourth-order valence-corrected chi connectivity index (χ4v) is 2.73. The number of hydrogen-bond donors (Lipinski definition) is 1. The molecular formula is C12H15BrN2. The summed E-state index contributed by atoms with van der Waals surface area (Å²) in [6.45, 7) is 0.751. The predicted octanol–water partition coefficient (Wildman–Crippen LogP) is 2.83. The van der Waals surface area contributed by atoms with Gasteiger partial charge in [-0.15, -0.1) is 0 Å². The van der Waals surface area contributed by atoms with E-state index in [0.717, 1.165) is 19.4 Å². The Labute approximate surface area is 98.2 Å². The Bertz CT molecular complexity index is 474. The third kappa shape index (κ3) is 1.94. The first kappa shape index (κ1) is 10.7. The Hall–Kier alpha value is -0.800. The van der Waals surface area contributed by atoms with Crippen LogP contribution >= 0.6 is 15.9 Å². The molecule has 1 heterocycles. The molecule has 1 aromatic carbocycles. The second-order valence-corrected chi connectivity index (χ2v) is 4.65. The van der Waals surface area contributed by atoms with Crippen molar-refractivity contribution in [1.82, 2.24) is 4.57 Å². The van der Waals surface area contributed by atoms with Crippen molar-refractivity contribution in [3.05, 3.63) is 34.4 Å². The number of hydrogen-bond acceptors (Lipinski definition) is 1. The highest BCUT2D eigenvalue weighted by Gasteiger charge is 2.07. The van der Waals surface area contributed by atoms with Gasteiger partial charge in [-0.25, -0.2) is 0 Å². The van der Waals surface area contributed by atoms with Crippen LogP contribution in [0.25, 0.3) is 10.9 Å². The second-order valence-electron chi connectivity index (χ2n) is 3.79. The van der Waals surface area contributed by atoms with Crippen molar-refractivity contribution in [2.24, 2.45) is 12.8 Å². The van der Waals surface area contributed by atoms with Gasteiger partial charge in [0.05, 0.1) is 0 Å². The van der Waals surface area contributed by atoms with Gasteiger partial charge in [0.1, 0.15) is 0 Å². The van der Waals surface area contributed by atoms with E-state index < -0.39 is 0 Å². The molecule has 0 saturated heterocycles. The lowest BCUT2D eigenvalue weighted by Gasteiger charge is -2.03. The highest BCUT2D eigenvalue weighted by Crippen LogP contribution is 2.29. The fraction of sp³-hybridized carbons (Fsp3) is 0.333. The number of aryl methyl sites for hydroxylation is 2. The molecule has 2 N–H and O–H groups in total. The third-order valence-electron chi connectivity index (χ3n) is 2.70. The molecule has 0 aliphatic heterocycles. The molecule has 0 spiro atoms. The van der Waals surface area contributed by atoms with Crippen molar-refractivity contribution in [1.29, 1.82) is 0 Å². The molecule has 2 aromatic rings. The molecule has 0 fully saturated rings. The summed E-state index contributed by atoms with van der Waals surface area (Å²) in [5.41, 5.74) is 8.20. The summed E-state index contributed by atoms with van der Waals surface area (Å²) in [7, 11) is 2.07. The Morgan fingerprint density at radius 1 is 1.40 bits per heavy atom. The summed E-state index contributed by atoms with van der Waals surface area (Å²) >= 11 is 3.61. The number of nitrogens with zero attached hydrogens (tertiary/aromatic N) is 1. The van der Waals surface area contributed by atoms with Gasteiger partial charge in [-0.1, -0.05) is 12.1 Å². The van der Waals surface area contributed by atoms with Crippen LogP contribution < -0.4 is 5.73 Å². The Kier molecular flexibility index (Phi) is 3.12. The molecule has 0 radical (unpaired) electrons. The van der Waals surface area contributed by atoms with E-state index in [1.54, 1.807) is 0 Å². The quantitative estimate of drug-likeness (QED) is 0.910. The van der Waals surface area contributed by atoms with E-state index >= 15 is 0 Å². The molecule has 0 bridgehead atoms. The van der Waals surface area contributed by atoms with Crippen LogP contribution in [-0.4, -0.2) is 11.1 Å². The average Bonchev–Trinajstić information content (AvgIpc) is 2.53. The van der Waals surface area contributed by atoms with E-state index in [1.165, 1.54) is 20.9 Å². The van der Waals surface area contributed by atoms with Gasteiger partial charge in [0.15, 0.2) is 0 Å². The fourth-order valence-electron chi connectivity index (χ4n) is 1.96. The maximum absolute atomic E-state index is 5.55. The number of nitrogens with two attached hydrogens (primary N) is 1. The Morgan fingerprint density at radius 2 is 2.20 bits per heavy atom. The molecule has 0 atom stereocenters. The molecule has 3 heteroatoms. The van der Waals surface area contributed by atoms with E-state index in [1.807, 2.05) is 0 Å². The number of rotatable bonds is 3. The molecule has 80 valence electrons. The summed E-state index contributed by atoms with van der Waals surface area (Å²) in [5.74, 6) is 0. The van der Waals surface area contributed by atoms with Crippen molar-refractivity contribution in [2.45, 2.75) is 12.8 Å². The predicted molar refractivity (Wildman–Crippen MR) is 68.0 cm³/mol. The van der Waals surface area contributed by atoms with Crippen molar-refractivity contribution in [2.75, 3.05) is 6.54 Å². The molecule has 2 rings (SSSR count). The molecule has 0 aliphatic rings. The molecule has 1 aromatic heterocycles. The molecule has 0 aliphatic carbocycles. The number of aromatic nitrogens is 1. The Balaban J connectivity index is 2.54. The van der Waals surface area contributed by atoms with Gasteiger partial charge >= 0.3 is 0 Å². The minimum Gasteiger partial charge on any atom is -0.349 e. The summed E-state index contributed by atoms with van der Waals surface area (Å²) in [6, 6.07) is 6.44. The highest BCUT2D eigenvalue weighted by atomic mass is 79.9. The van der Waals surface area contributed by atoms with Crippen molar-refractivity contribution < 1.29 is 0 Å². The van der Waals surface area contributed by atoms with Crippen molar-refractivity contribution in [3.63, 3.8) is 0 Å². The SMILES string of the molecule is Cn1cc(Br)c2c(CCCN)cccc21. The summed E-state index contributed by atoms with van der Waals surface area (Å²) in [6.07, 6.45) is 4.20. The third-order valence-corrected chi connectivity index (χ3v) is 3.31. The normalized spacial score (nSPS) is 11.1. The average molecular weight is 267 g/mol. The molecule has 15 heavy (non-hydrogen) atoms. The van der Waals surface area contributed by atoms with Crippen LogP contribution in [0.2, 0.25) is 0 Å². The van der Waals surface area contributed by atoms with Crippen molar-refractivity contribution >= 4 is 26.8 Å². The minimum absolute atomic E-state index is 0.751. The van der Waals surface area contributed by atoms with Gasteiger partial charge in [-0.3, -0.25) is 0 Å². The van der Waals surface area contributed by atoms with Crippen LogP contribution in [0.4, 0.5) is 0 Å². The minimum atomic E-state index is 0.751. The van der Waals surface area contributed by atoms with Gasteiger partial charge in [0.25, 0.3) is 0 Å². The zero-order valence-corrected chi connectivity index (χ0v) is 10.4. The van der Waals surface area contributed by atoms with E-state index in [9.17, 15) is 0 Å². The first-order valence-corrected chi connectivity index (χ1v) is 5.96. The van der Waals surface area contributed by atoms with Crippen LogP contribution in [0.3, 0.4) is 0 Å². The van der Waals surface area contributed by atoms with Crippen LogP contribution in [0.5, 0.6) is 0 Å². The maximum atomic E-state index is 5.55. The lowest BCUT2D eigenvalue weighted by molar-refractivity contribution is 0.837. The number of halogens is 1. The zero-order valence-electron chi connectivity index (χ0n) is 8.83. The largest absolute Gasteiger partial charge is 0.349 e. The number of fused-ring (bicyclic) bond motifs is 1. The van der Waals surface area contributed by atoms with E-state index in [-0.39, 0.29) is 0 Å². The van der Waals surface area contributed by atoms with Gasteiger partial charge in [0.2, 0.25) is 0 Å². The van der Waals surface area contributed by atoms with Gasteiger partial charge in [-0.2, -0.15) is 0 Å². The van der Waals surface area contributed by atoms with E-state index in [2.05, 4.69) is 51.9 Å². The molecule has 0 amide bonds. The lowest BCUT2D eigenvalue weighted by atomic mass is 10.1. The summed E-state index contributed by atoms with van der Waals surface area (Å²) in [5, 5.41) is 1.33. The second kappa shape index (κ2) is 4.37. The van der Waals surface area contributed by atoms with E-state index in [0.29, 0.717) is 0 Å². The van der Waals surface area contributed by atoms with Crippen molar-refractivity contribution in [3.8, 4) is 0 Å². The van der Waals surface area contributed by atoms with Gasteiger partial charge in [-0.05, 0) is 46.9 Å². The van der Waals surface area contributed by atoms with Crippen LogP contribution in [0, 0.1) is 0 Å². The molecular weight excluding hydrogens is 252 g/mol. The first-order chi connectivity index (χ1) is 7.24.